The molecule has 1 aromatic rings. The highest BCUT2D eigenvalue weighted by molar-refractivity contribution is 5.38. The van der Waals surface area contributed by atoms with Gasteiger partial charge in [-0.15, -0.1) is 10.2 Å². The van der Waals surface area contributed by atoms with Crippen molar-refractivity contribution in [2.45, 2.75) is 39.7 Å². The van der Waals surface area contributed by atoms with Crippen LogP contribution < -0.4 is 11.1 Å². The molecule has 0 aliphatic rings. The fourth-order valence-electron chi connectivity index (χ4n) is 1.91. The van der Waals surface area contributed by atoms with E-state index in [1.165, 1.54) is 6.42 Å². The lowest BCUT2D eigenvalue weighted by Crippen LogP contribution is -2.25. The van der Waals surface area contributed by atoms with Gasteiger partial charge in [0, 0.05) is 6.04 Å². The Labute approximate surface area is 110 Å². The number of aromatic nitrogens is 2. The lowest BCUT2D eigenvalue weighted by molar-refractivity contribution is 0.295. The first-order valence-electron chi connectivity index (χ1n) is 6.73. The molecule has 0 aliphatic carbocycles. The van der Waals surface area contributed by atoms with Crippen LogP contribution in [0.4, 0.5) is 11.6 Å². The summed E-state index contributed by atoms with van der Waals surface area (Å²) in [6.45, 7) is 9.99. The number of rotatable bonds is 8. The highest BCUT2D eigenvalue weighted by Crippen LogP contribution is 2.08. The van der Waals surface area contributed by atoms with Crippen molar-refractivity contribution in [2.24, 2.45) is 0 Å². The van der Waals surface area contributed by atoms with Crippen LogP contribution in [0.25, 0.3) is 0 Å². The number of hydrogen-bond donors (Lipinski definition) is 2. The molecule has 5 nitrogen and oxygen atoms in total. The van der Waals surface area contributed by atoms with Crippen molar-refractivity contribution in [1.82, 2.24) is 15.1 Å². The minimum absolute atomic E-state index is 0.401. The lowest BCUT2D eigenvalue weighted by Gasteiger charge is -2.19. The molecule has 0 amide bonds. The minimum atomic E-state index is 0.401. The van der Waals surface area contributed by atoms with Crippen molar-refractivity contribution in [3.63, 3.8) is 0 Å². The summed E-state index contributed by atoms with van der Waals surface area (Å²) in [6.07, 6.45) is 2.32. The fraction of sp³-hybridized carbons (Fsp3) is 0.692. The third kappa shape index (κ3) is 5.31. The van der Waals surface area contributed by atoms with E-state index in [9.17, 15) is 0 Å². The molecular weight excluding hydrogens is 226 g/mol. The first-order chi connectivity index (χ1) is 8.65. The standard InChI is InChI=1S/C13H25N5/c1-4-18(5-2)10-6-7-11(3)15-13-9-8-12(14)16-17-13/h8-9,11H,4-7,10H2,1-3H3,(H2,14,16)(H,15,17). The van der Waals surface area contributed by atoms with E-state index in [0.29, 0.717) is 11.9 Å². The van der Waals surface area contributed by atoms with Crippen LogP contribution in [0.15, 0.2) is 12.1 Å². The van der Waals surface area contributed by atoms with Crippen molar-refractivity contribution in [1.29, 1.82) is 0 Å². The number of nitrogen functional groups attached to an aromatic ring is 1. The summed E-state index contributed by atoms with van der Waals surface area (Å²) in [7, 11) is 0. The maximum absolute atomic E-state index is 5.49. The van der Waals surface area contributed by atoms with E-state index in [2.05, 4.69) is 41.2 Å². The summed E-state index contributed by atoms with van der Waals surface area (Å²) in [5.41, 5.74) is 5.49. The van der Waals surface area contributed by atoms with Crippen LogP contribution in [-0.4, -0.2) is 40.8 Å². The Kier molecular flexibility index (Phi) is 6.43. The van der Waals surface area contributed by atoms with Gasteiger partial charge in [-0.1, -0.05) is 13.8 Å². The first kappa shape index (κ1) is 14.7. The van der Waals surface area contributed by atoms with Crippen LogP contribution in [0.3, 0.4) is 0 Å². The zero-order valence-electron chi connectivity index (χ0n) is 11.7. The SMILES string of the molecule is CCN(CC)CCCC(C)Nc1ccc(N)nn1. The minimum Gasteiger partial charge on any atom is -0.382 e. The van der Waals surface area contributed by atoms with Gasteiger partial charge < -0.3 is 16.0 Å². The summed E-state index contributed by atoms with van der Waals surface area (Å²) in [5, 5.41) is 11.2. The smallest absolute Gasteiger partial charge is 0.149 e. The summed E-state index contributed by atoms with van der Waals surface area (Å²) >= 11 is 0. The Balaban J connectivity index is 2.25. The summed E-state index contributed by atoms with van der Waals surface area (Å²) in [6, 6.07) is 4.03. The summed E-state index contributed by atoms with van der Waals surface area (Å²) in [5.74, 6) is 1.24. The van der Waals surface area contributed by atoms with Gasteiger partial charge in [-0.2, -0.15) is 0 Å². The van der Waals surface area contributed by atoms with Gasteiger partial charge in [0.2, 0.25) is 0 Å². The predicted octanol–water partition coefficient (Wildman–Crippen LogP) is 1.98. The summed E-state index contributed by atoms with van der Waals surface area (Å²) in [4.78, 5) is 2.44. The van der Waals surface area contributed by atoms with E-state index >= 15 is 0 Å². The number of nitrogens with two attached hydrogens (primary N) is 1. The molecule has 1 rings (SSSR count). The molecule has 0 spiro atoms. The van der Waals surface area contributed by atoms with Gasteiger partial charge >= 0.3 is 0 Å². The average molecular weight is 251 g/mol. The van der Waals surface area contributed by atoms with Gasteiger partial charge in [0.1, 0.15) is 11.6 Å². The second kappa shape index (κ2) is 7.87. The molecule has 0 fully saturated rings. The van der Waals surface area contributed by atoms with Crippen molar-refractivity contribution in [2.75, 3.05) is 30.7 Å². The van der Waals surface area contributed by atoms with Gasteiger partial charge in [-0.05, 0) is 51.5 Å². The van der Waals surface area contributed by atoms with Crippen LogP contribution in [0.2, 0.25) is 0 Å². The second-order valence-electron chi connectivity index (χ2n) is 4.56. The van der Waals surface area contributed by atoms with E-state index in [0.717, 1.165) is 31.9 Å². The van der Waals surface area contributed by atoms with E-state index in [1.54, 1.807) is 6.07 Å². The van der Waals surface area contributed by atoms with Gasteiger partial charge in [-0.25, -0.2) is 0 Å². The molecule has 5 heteroatoms. The first-order valence-corrected chi connectivity index (χ1v) is 6.73. The van der Waals surface area contributed by atoms with Crippen LogP contribution in [-0.2, 0) is 0 Å². The third-order valence-electron chi connectivity index (χ3n) is 3.09. The Morgan fingerprint density at radius 1 is 1.28 bits per heavy atom. The quantitative estimate of drug-likeness (QED) is 0.739. The lowest BCUT2D eigenvalue weighted by atomic mass is 10.1. The van der Waals surface area contributed by atoms with Gasteiger partial charge in [0.05, 0.1) is 0 Å². The molecule has 0 aliphatic heterocycles. The van der Waals surface area contributed by atoms with Crippen molar-refractivity contribution in [3.05, 3.63) is 12.1 Å². The second-order valence-corrected chi connectivity index (χ2v) is 4.56. The Morgan fingerprint density at radius 3 is 2.56 bits per heavy atom. The molecule has 1 unspecified atom stereocenters. The number of hydrogen-bond acceptors (Lipinski definition) is 5. The third-order valence-corrected chi connectivity index (χ3v) is 3.09. The van der Waals surface area contributed by atoms with Crippen molar-refractivity contribution >= 4 is 11.6 Å². The monoisotopic (exact) mass is 251 g/mol. The van der Waals surface area contributed by atoms with E-state index in [4.69, 9.17) is 5.73 Å². The molecule has 102 valence electrons. The molecule has 1 aromatic heterocycles. The van der Waals surface area contributed by atoms with Gasteiger partial charge in [0.15, 0.2) is 0 Å². The molecule has 0 saturated carbocycles. The average Bonchev–Trinajstić information content (AvgIpc) is 2.37. The molecule has 0 aromatic carbocycles. The zero-order chi connectivity index (χ0) is 13.4. The maximum Gasteiger partial charge on any atom is 0.149 e. The molecule has 0 bridgehead atoms. The number of nitrogens with zero attached hydrogens (tertiary/aromatic N) is 3. The predicted molar refractivity (Wildman–Crippen MR) is 76.6 cm³/mol. The molecule has 3 N–H and O–H groups in total. The molecule has 1 atom stereocenters. The van der Waals surface area contributed by atoms with Crippen LogP contribution in [0.1, 0.15) is 33.6 Å². The Bertz CT molecular complexity index is 321. The Hall–Kier alpha value is -1.36. The van der Waals surface area contributed by atoms with Crippen molar-refractivity contribution < 1.29 is 0 Å². The molecule has 18 heavy (non-hydrogen) atoms. The number of anilines is 2. The van der Waals surface area contributed by atoms with E-state index in [1.807, 2.05) is 6.07 Å². The Morgan fingerprint density at radius 2 is 2.00 bits per heavy atom. The highest BCUT2D eigenvalue weighted by atomic mass is 15.2. The van der Waals surface area contributed by atoms with Crippen molar-refractivity contribution in [3.8, 4) is 0 Å². The zero-order valence-corrected chi connectivity index (χ0v) is 11.7. The van der Waals surface area contributed by atoms with E-state index < -0.39 is 0 Å². The van der Waals surface area contributed by atoms with Crippen LogP contribution in [0, 0.1) is 0 Å². The fourth-order valence-corrected chi connectivity index (χ4v) is 1.91. The highest BCUT2D eigenvalue weighted by Gasteiger charge is 2.05. The topological polar surface area (TPSA) is 67.1 Å². The normalized spacial score (nSPS) is 12.7. The maximum atomic E-state index is 5.49. The van der Waals surface area contributed by atoms with E-state index in [-0.39, 0.29) is 0 Å². The van der Waals surface area contributed by atoms with Crippen LogP contribution in [0.5, 0.6) is 0 Å². The van der Waals surface area contributed by atoms with Crippen LogP contribution >= 0.6 is 0 Å². The summed E-state index contributed by atoms with van der Waals surface area (Å²) < 4.78 is 0. The largest absolute Gasteiger partial charge is 0.382 e. The van der Waals surface area contributed by atoms with Gasteiger partial charge in [0.25, 0.3) is 0 Å². The molecule has 0 saturated heterocycles. The molecule has 0 radical (unpaired) electrons. The number of nitrogens with one attached hydrogen (secondary N) is 1. The molecule has 1 heterocycles. The molecular formula is C13H25N5. The van der Waals surface area contributed by atoms with Gasteiger partial charge in [-0.3, -0.25) is 0 Å².